The molecule has 23 heavy (non-hydrogen) atoms. The van der Waals surface area contributed by atoms with Gasteiger partial charge in [-0.05, 0) is 28.9 Å². The van der Waals surface area contributed by atoms with Crippen LogP contribution < -0.4 is 0 Å². The molecule has 4 nitrogen and oxygen atoms in total. The van der Waals surface area contributed by atoms with E-state index in [0.29, 0.717) is 0 Å². The molecule has 1 rings (SSSR count). The molecule has 0 saturated heterocycles. The molecule has 0 radical (unpaired) electrons. The fraction of sp³-hybridized carbons (Fsp3) is 0.667. The van der Waals surface area contributed by atoms with E-state index in [1.165, 1.54) is 0 Å². The van der Waals surface area contributed by atoms with E-state index in [1.54, 1.807) is 0 Å². The van der Waals surface area contributed by atoms with Gasteiger partial charge in [-0.15, -0.1) is 0 Å². The zero-order valence-corrected chi connectivity index (χ0v) is 15.8. The minimum atomic E-state index is -4.56. The average molecular weight is 342 g/mol. The van der Waals surface area contributed by atoms with Crippen molar-refractivity contribution in [1.82, 2.24) is 0 Å². The van der Waals surface area contributed by atoms with Crippen molar-refractivity contribution in [3.05, 3.63) is 35.4 Å². The van der Waals surface area contributed by atoms with Gasteiger partial charge in [0.1, 0.15) is 0 Å². The lowest BCUT2D eigenvalue weighted by atomic mass is 9.79. The Morgan fingerprint density at radius 1 is 1.17 bits per heavy atom. The summed E-state index contributed by atoms with van der Waals surface area (Å²) in [5.74, 6) is 0.0890. The summed E-state index contributed by atoms with van der Waals surface area (Å²) in [7, 11) is -4.56. The number of phosphoric ester groups is 1. The molecule has 0 bridgehead atoms. The first-order chi connectivity index (χ1) is 10.6. The maximum absolute atomic E-state index is 11.5. The van der Waals surface area contributed by atoms with Gasteiger partial charge in [0.25, 0.3) is 0 Å². The highest BCUT2D eigenvalue weighted by Gasteiger charge is 2.33. The zero-order chi connectivity index (χ0) is 17.7. The van der Waals surface area contributed by atoms with Crippen LogP contribution in [-0.2, 0) is 14.5 Å². The number of unbranched alkanes of at least 4 members (excludes halogenated alkanes) is 1. The predicted molar refractivity (Wildman–Crippen MR) is 94.3 cm³/mol. The second-order valence-corrected chi connectivity index (χ2v) is 8.36. The molecule has 0 aromatic heterocycles. The summed E-state index contributed by atoms with van der Waals surface area (Å²) < 4.78 is 16.8. The summed E-state index contributed by atoms with van der Waals surface area (Å²) in [6, 6.07) is 7.84. The first-order valence-corrected chi connectivity index (χ1v) is 9.96. The number of benzene rings is 1. The highest BCUT2D eigenvalue weighted by Crippen LogP contribution is 2.48. The lowest BCUT2D eigenvalue weighted by Crippen LogP contribution is -2.21. The van der Waals surface area contributed by atoms with Gasteiger partial charge in [0.05, 0.1) is 6.10 Å². The van der Waals surface area contributed by atoms with Crippen molar-refractivity contribution >= 4 is 7.82 Å². The van der Waals surface area contributed by atoms with Crippen molar-refractivity contribution in [2.75, 3.05) is 0 Å². The van der Waals surface area contributed by atoms with Crippen LogP contribution in [0.3, 0.4) is 0 Å². The third kappa shape index (κ3) is 6.39. The van der Waals surface area contributed by atoms with Crippen LogP contribution in [0.1, 0.15) is 77.5 Å². The van der Waals surface area contributed by atoms with Crippen LogP contribution in [0, 0.1) is 5.92 Å². The Balaban J connectivity index is 3.32. The Morgan fingerprint density at radius 2 is 1.78 bits per heavy atom. The van der Waals surface area contributed by atoms with Crippen LogP contribution in [0.15, 0.2) is 24.3 Å². The largest absolute Gasteiger partial charge is 0.470 e. The van der Waals surface area contributed by atoms with E-state index in [-0.39, 0.29) is 11.3 Å². The Morgan fingerprint density at radius 3 is 2.26 bits per heavy atom. The molecule has 0 aliphatic heterocycles. The number of rotatable bonds is 8. The van der Waals surface area contributed by atoms with Crippen LogP contribution >= 0.6 is 7.82 Å². The minimum absolute atomic E-state index is 0.0890. The summed E-state index contributed by atoms with van der Waals surface area (Å²) >= 11 is 0. The topological polar surface area (TPSA) is 66.8 Å². The van der Waals surface area contributed by atoms with Crippen LogP contribution in [0.5, 0.6) is 0 Å². The van der Waals surface area contributed by atoms with E-state index in [1.807, 2.05) is 24.3 Å². The molecule has 1 aromatic carbocycles. The van der Waals surface area contributed by atoms with Crippen LogP contribution in [-0.4, -0.2) is 9.79 Å². The third-order valence-electron chi connectivity index (χ3n) is 4.21. The van der Waals surface area contributed by atoms with E-state index < -0.39 is 13.9 Å². The Labute approximate surface area is 140 Å². The molecule has 2 atom stereocenters. The van der Waals surface area contributed by atoms with Crippen molar-refractivity contribution in [2.24, 2.45) is 5.92 Å². The SMILES string of the molecule is CCCCC(CC)C(OP(=O)(O)O)c1ccccc1C(C)(C)C. The summed E-state index contributed by atoms with van der Waals surface area (Å²) in [5.41, 5.74) is 1.86. The van der Waals surface area contributed by atoms with Gasteiger partial charge in [0, 0.05) is 0 Å². The normalized spacial score (nSPS) is 15.4. The van der Waals surface area contributed by atoms with Crippen molar-refractivity contribution in [3.8, 4) is 0 Å². The van der Waals surface area contributed by atoms with Crippen molar-refractivity contribution in [3.63, 3.8) is 0 Å². The second-order valence-electron chi connectivity index (χ2n) is 7.16. The molecule has 1 aromatic rings. The van der Waals surface area contributed by atoms with E-state index >= 15 is 0 Å². The Hall–Kier alpha value is -0.670. The lowest BCUT2D eigenvalue weighted by molar-refractivity contribution is 0.0796. The number of hydrogen-bond donors (Lipinski definition) is 2. The Bertz CT molecular complexity index is 530. The first-order valence-electron chi connectivity index (χ1n) is 8.43. The molecule has 2 unspecified atom stereocenters. The molecule has 5 heteroatoms. The van der Waals surface area contributed by atoms with Gasteiger partial charge in [-0.3, -0.25) is 4.52 Å². The predicted octanol–water partition coefficient (Wildman–Crippen LogP) is 5.35. The number of hydrogen-bond acceptors (Lipinski definition) is 2. The summed E-state index contributed by atoms with van der Waals surface area (Å²) in [4.78, 5) is 18.8. The molecule has 0 aliphatic carbocycles. The maximum atomic E-state index is 11.5. The molecule has 132 valence electrons. The highest BCUT2D eigenvalue weighted by atomic mass is 31.2. The summed E-state index contributed by atoms with van der Waals surface area (Å²) in [6.07, 6.45) is 3.22. The van der Waals surface area contributed by atoms with Gasteiger partial charge in [-0.25, -0.2) is 4.57 Å². The summed E-state index contributed by atoms with van der Waals surface area (Å²) in [6.45, 7) is 10.5. The first kappa shape index (κ1) is 20.4. The second kappa shape index (κ2) is 8.43. The van der Waals surface area contributed by atoms with Crippen molar-refractivity contribution in [1.29, 1.82) is 0 Å². The van der Waals surface area contributed by atoms with Gasteiger partial charge < -0.3 is 9.79 Å². The van der Waals surface area contributed by atoms with E-state index in [4.69, 9.17) is 4.52 Å². The average Bonchev–Trinajstić information content (AvgIpc) is 2.44. The Kier molecular flexibility index (Phi) is 7.47. The van der Waals surface area contributed by atoms with Gasteiger partial charge in [-0.1, -0.05) is 78.1 Å². The van der Waals surface area contributed by atoms with E-state index in [0.717, 1.165) is 36.8 Å². The van der Waals surface area contributed by atoms with Gasteiger partial charge in [0.15, 0.2) is 0 Å². The minimum Gasteiger partial charge on any atom is -0.303 e. The van der Waals surface area contributed by atoms with E-state index in [9.17, 15) is 14.4 Å². The zero-order valence-electron chi connectivity index (χ0n) is 15.0. The molecule has 0 aliphatic rings. The van der Waals surface area contributed by atoms with Crippen molar-refractivity contribution < 1.29 is 18.9 Å². The fourth-order valence-corrected chi connectivity index (χ4v) is 3.59. The molecule has 0 heterocycles. The maximum Gasteiger partial charge on any atom is 0.470 e. The third-order valence-corrected chi connectivity index (χ3v) is 4.71. The van der Waals surface area contributed by atoms with Gasteiger partial charge in [-0.2, -0.15) is 0 Å². The van der Waals surface area contributed by atoms with Crippen molar-refractivity contribution in [2.45, 2.75) is 71.8 Å². The van der Waals surface area contributed by atoms with Gasteiger partial charge in [0.2, 0.25) is 0 Å². The monoisotopic (exact) mass is 342 g/mol. The molecule has 0 amide bonds. The van der Waals surface area contributed by atoms with Gasteiger partial charge >= 0.3 is 7.82 Å². The highest BCUT2D eigenvalue weighted by molar-refractivity contribution is 7.46. The molecular formula is C18H31O4P. The lowest BCUT2D eigenvalue weighted by Gasteiger charge is -2.32. The number of phosphoric acid groups is 1. The van der Waals surface area contributed by atoms with Crippen LogP contribution in [0.4, 0.5) is 0 Å². The summed E-state index contributed by atoms with van der Waals surface area (Å²) in [5, 5.41) is 0. The molecule has 0 fully saturated rings. The standard InChI is InChI=1S/C18H31O4P/c1-6-8-11-14(7-2)17(22-23(19,20)21)15-12-9-10-13-16(15)18(3,4)5/h9-10,12-14,17H,6-8,11H2,1-5H3,(H2,19,20,21). The smallest absolute Gasteiger partial charge is 0.303 e. The molecule has 0 spiro atoms. The molecule has 0 saturated carbocycles. The van der Waals surface area contributed by atoms with Crippen LogP contribution in [0.25, 0.3) is 0 Å². The fourth-order valence-electron chi connectivity index (χ4n) is 3.01. The quantitative estimate of drug-likeness (QED) is 0.625. The van der Waals surface area contributed by atoms with E-state index in [2.05, 4.69) is 34.6 Å². The van der Waals surface area contributed by atoms with Crippen LogP contribution in [0.2, 0.25) is 0 Å². The molecular weight excluding hydrogens is 311 g/mol. The molecule has 2 N–H and O–H groups in total.